The van der Waals surface area contributed by atoms with Crippen LogP contribution in [0.2, 0.25) is 0 Å². The molecule has 1 rings (SSSR count). The van der Waals surface area contributed by atoms with Gasteiger partial charge in [0.2, 0.25) is 5.91 Å². The van der Waals surface area contributed by atoms with Crippen LogP contribution < -0.4 is 5.32 Å². The van der Waals surface area contributed by atoms with Crippen LogP contribution in [-0.4, -0.2) is 41.8 Å². The maximum absolute atomic E-state index is 12.7. The summed E-state index contributed by atoms with van der Waals surface area (Å²) in [4.78, 5) is 14.7. The van der Waals surface area contributed by atoms with E-state index < -0.39 is 0 Å². The second-order valence-corrected chi connectivity index (χ2v) is 6.49. The lowest BCUT2D eigenvalue weighted by atomic mass is 9.99. The fraction of sp³-hybridized carbons (Fsp3) is 0.938. The first-order valence-electron chi connectivity index (χ1n) is 8.06. The monoisotopic (exact) mass is 284 g/mol. The molecule has 0 bridgehead atoms. The van der Waals surface area contributed by atoms with Crippen LogP contribution in [0.1, 0.15) is 60.8 Å². The van der Waals surface area contributed by atoms with Crippen LogP contribution in [0.4, 0.5) is 0 Å². The summed E-state index contributed by atoms with van der Waals surface area (Å²) < 4.78 is 5.77. The number of rotatable bonds is 8. The van der Waals surface area contributed by atoms with Crippen LogP contribution in [0, 0.1) is 5.92 Å². The minimum absolute atomic E-state index is 0.0334. The molecule has 118 valence electrons. The second-order valence-electron chi connectivity index (χ2n) is 6.49. The summed E-state index contributed by atoms with van der Waals surface area (Å²) in [5.41, 5.74) is -0.289. The third kappa shape index (κ3) is 4.19. The fourth-order valence-electron chi connectivity index (χ4n) is 2.89. The summed E-state index contributed by atoms with van der Waals surface area (Å²) >= 11 is 0. The van der Waals surface area contributed by atoms with Gasteiger partial charge in [0.15, 0.2) is 0 Å². The summed E-state index contributed by atoms with van der Waals surface area (Å²) in [6.45, 7) is 13.9. The molecule has 0 aliphatic carbocycles. The molecule has 0 spiro atoms. The third-order valence-electron chi connectivity index (χ3n) is 4.16. The van der Waals surface area contributed by atoms with E-state index in [2.05, 4.69) is 39.9 Å². The average Bonchev–Trinajstić information content (AvgIpc) is 2.67. The number of amides is 1. The van der Waals surface area contributed by atoms with Gasteiger partial charge in [-0.25, -0.2) is 0 Å². The standard InChI is InChI=1S/C16H32N2O2/c1-7-10-13-17-14(12(4)8-2)15(19)18(13)11-16(5,6)20-9-3/h12-14,17H,7-11H2,1-6H3. The Balaban J connectivity index is 2.81. The zero-order chi connectivity index (χ0) is 15.3. The fourth-order valence-corrected chi connectivity index (χ4v) is 2.89. The van der Waals surface area contributed by atoms with Gasteiger partial charge in [-0.2, -0.15) is 0 Å². The highest BCUT2D eigenvalue weighted by Gasteiger charge is 2.42. The zero-order valence-electron chi connectivity index (χ0n) is 14.0. The molecule has 20 heavy (non-hydrogen) atoms. The Morgan fingerprint density at radius 1 is 1.35 bits per heavy atom. The molecule has 4 nitrogen and oxygen atoms in total. The first-order valence-corrected chi connectivity index (χ1v) is 8.06. The first-order chi connectivity index (χ1) is 9.36. The normalized spacial score (nSPS) is 25.3. The maximum atomic E-state index is 12.7. The van der Waals surface area contributed by atoms with Crippen molar-refractivity contribution in [2.24, 2.45) is 5.92 Å². The van der Waals surface area contributed by atoms with Crippen molar-refractivity contribution in [1.29, 1.82) is 0 Å². The van der Waals surface area contributed by atoms with Gasteiger partial charge in [0.25, 0.3) is 0 Å². The Morgan fingerprint density at radius 2 is 2.00 bits per heavy atom. The smallest absolute Gasteiger partial charge is 0.241 e. The molecule has 1 saturated heterocycles. The van der Waals surface area contributed by atoms with Crippen molar-refractivity contribution >= 4 is 5.91 Å². The Bertz CT molecular complexity index is 318. The van der Waals surface area contributed by atoms with Crippen LogP contribution in [0.5, 0.6) is 0 Å². The Morgan fingerprint density at radius 3 is 2.50 bits per heavy atom. The number of nitrogens with one attached hydrogen (secondary N) is 1. The topological polar surface area (TPSA) is 41.6 Å². The van der Waals surface area contributed by atoms with Crippen molar-refractivity contribution in [1.82, 2.24) is 10.2 Å². The minimum Gasteiger partial charge on any atom is -0.374 e. The van der Waals surface area contributed by atoms with Gasteiger partial charge in [-0.3, -0.25) is 10.1 Å². The number of ether oxygens (including phenoxy) is 1. The Kier molecular flexibility index (Phi) is 6.46. The van der Waals surface area contributed by atoms with Crippen LogP contribution in [0.15, 0.2) is 0 Å². The molecule has 3 unspecified atom stereocenters. The van der Waals surface area contributed by atoms with Crippen LogP contribution in [-0.2, 0) is 9.53 Å². The average molecular weight is 284 g/mol. The minimum atomic E-state index is -0.289. The molecule has 0 saturated carbocycles. The van der Waals surface area contributed by atoms with Crippen molar-refractivity contribution in [3.63, 3.8) is 0 Å². The Labute approximate surface area is 124 Å². The van der Waals surface area contributed by atoms with Crippen molar-refractivity contribution in [3.8, 4) is 0 Å². The molecule has 0 radical (unpaired) electrons. The summed E-state index contributed by atoms with van der Waals surface area (Å²) in [6, 6.07) is -0.0334. The van der Waals surface area contributed by atoms with Gasteiger partial charge in [-0.05, 0) is 33.1 Å². The lowest BCUT2D eigenvalue weighted by Crippen LogP contribution is -2.46. The van der Waals surface area contributed by atoms with Crippen LogP contribution in [0.25, 0.3) is 0 Å². The van der Waals surface area contributed by atoms with Gasteiger partial charge in [0, 0.05) is 6.61 Å². The number of hydrogen-bond donors (Lipinski definition) is 1. The van der Waals surface area contributed by atoms with E-state index in [1.165, 1.54) is 0 Å². The molecule has 0 aromatic heterocycles. The molecule has 1 N–H and O–H groups in total. The highest BCUT2D eigenvalue weighted by atomic mass is 16.5. The van der Waals surface area contributed by atoms with Gasteiger partial charge in [0.1, 0.15) is 0 Å². The first kappa shape index (κ1) is 17.4. The van der Waals surface area contributed by atoms with Crippen molar-refractivity contribution in [3.05, 3.63) is 0 Å². The highest BCUT2D eigenvalue weighted by Crippen LogP contribution is 2.24. The van der Waals surface area contributed by atoms with Gasteiger partial charge < -0.3 is 9.64 Å². The van der Waals surface area contributed by atoms with E-state index in [4.69, 9.17) is 4.74 Å². The third-order valence-corrected chi connectivity index (χ3v) is 4.16. The Hall–Kier alpha value is -0.610. The molecular formula is C16H32N2O2. The van der Waals surface area contributed by atoms with Crippen LogP contribution in [0.3, 0.4) is 0 Å². The number of carbonyl (C=O) groups is 1. The molecule has 3 atom stereocenters. The van der Waals surface area contributed by atoms with Gasteiger partial charge in [-0.15, -0.1) is 0 Å². The van der Waals surface area contributed by atoms with E-state index in [9.17, 15) is 4.79 Å². The van der Waals surface area contributed by atoms with E-state index in [0.29, 0.717) is 19.1 Å². The summed E-state index contributed by atoms with van der Waals surface area (Å²) in [6.07, 6.45) is 3.25. The van der Waals surface area contributed by atoms with Crippen molar-refractivity contribution in [2.45, 2.75) is 78.6 Å². The summed E-state index contributed by atoms with van der Waals surface area (Å²) in [7, 11) is 0. The van der Waals surface area contributed by atoms with E-state index in [1.807, 2.05) is 11.8 Å². The second kappa shape index (κ2) is 7.41. The highest BCUT2D eigenvalue weighted by molar-refractivity contribution is 5.84. The number of hydrogen-bond acceptors (Lipinski definition) is 3. The van der Waals surface area contributed by atoms with Crippen molar-refractivity contribution < 1.29 is 9.53 Å². The number of carbonyl (C=O) groups excluding carboxylic acids is 1. The molecule has 1 heterocycles. The lowest BCUT2D eigenvalue weighted by molar-refractivity contribution is -0.135. The van der Waals surface area contributed by atoms with E-state index in [-0.39, 0.29) is 23.7 Å². The quantitative estimate of drug-likeness (QED) is 0.745. The molecule has 0 aromatic carbocycles. The van der Waals surface area contributed by atoms with Gasteiger partial charge in [-0.1, -0.05) is 33.6 Å². The molecule has 1 aliphatic heterocycles. The largest absolute Gasteiger partial charge is 0.374 e. The van der Waals surface area contributed by atoms with E-state index in [1.54, 1.807) is 0 Å². The lowest BCUT2D eigenvalue weighted by Gasteiger charge is -2.33. The van der Waals surface area contributed by atoms with Crippen LogP contribution >= 0.6 is 0 Å². The maximum Gasteiger partial charge on any atom is 0.241 e. The summed E-state index contributed by atoms with van der Waals surface area (Å²) in [5, 5.41) is 3.53. The molecule has 1 aliphatic rings. The predicted octanol–water partition coefficient (Wildman–Crippen LogP) is 2.77. The zero-order valence-corrected chi connectivity index (χ0v) is 14.0. The SMILES string of the molecule is CCCC1NC(C(C)CC)C(=O)N1CC(C)(C)OCC. The molecular weight excluding hydrogens is 252 g/mol. The van der Waals surface area contributed by atoms with Gasteiger partial charge >= 0.3 is 0 Å². The van der Waals surface area contributed by atoms with Gasteiger partial charge in [0.05, 0.1) is 24.4 Å². The molecule has 1 amide bonds. The molecule has 0 aromatic rings. The van der Waals surface area contributed by atoms with E-state index >= 15 is 0 Å². The van der Waals surface area contributed by atoms with Crippen molar-refractivity contribution in [2.75, 3.05) is 13.2 Å². The summed E-state index contributed by atoms with van der Waals surface area (Å²) in [5.74, 6) is 0.618. The predicted molar refractivity (Wildman–Crippen MR) is 82.5 cm³/mol. The molecule has 1 fully saturated rings. The number of nitrogens with zero attached hydrogens (tertiary/aromatic N) is 1. The molecule has 4 heteroatoms. The van der Waals surface area contributed by atoms with E-state index in [0.717, 1.165) is 19.3 Å².